The highest BCUT2D eigenvalue weighted by Crippen LogP contribution is 2.16. The number of nitrogens with two attached hydrogens (primary N) is 1. The quantitative estimate of drug-likeness (QED) is 0.727. The summed E-state index contributed by atoms with van der Waals surface area (Å²) in [6.07, 6.45) is 3.01. The molecule has 6 heteroatoms. The van der Waals surface area contributed by atoms with Crippen LogP contribution >= 0.6 is 0 Å². The van der Waals surface area contributed by atoms with E-state index >= 15 is 0 Å². The Bertz CT molecular complexity index is 350. The lowest BCUT2D eigenvalue weighted by Gasteiger charge is -2.33. The summed E-state index contributed by atoms with van der Waals surface area (Å²) in [6, 6.07) is 1.68. The maximum atomic E-state index is 11.9. The number of carbonyl (C=O) groups is 2. The molecule has 2 amide bonds. The van der Waals surface area contributed by atoms with E-state index < -0.39 is 0 Å². The van der Waals surface area contributed by atoms with Crippen LogP contribution in [0.5, 0.6) is 0 Å². The first kappa shape index (κ1) is 14.5. The summed E-state index contributed by atoms with van der Waals surface area (Å²) in [4.78, 5) is 26.6. The standard InChI is InChI=1S/C12H20N4O2/c1-15(7-4-6-13)11(17)9-16-8-3-2-5-10(16)12(14)18/h10H,2-5,7-9H2,1H3,(H2,14,18). The molecular formula is C12H20N4O2. The summed E-state index contributed by atoms with van der Waals surface area (Å²) in [5, 5.41) is 8.47. The topological polar surface area (TPSA) is 90.4 Å². The molecule has 0 radical (unpaired) electrons. The van der Waals surface area contributed by atoms with Crippen LogP contribution in [0.25, 0.3) is 0 Å². The molecule has 0 aliphatic carbocycles. The first-order chi connectivity index (χ1) is 8.56. The number of amides is 2. The number of primary amides is 1. The minimum Gasteiger partial charge on any atom is -0.368 e. The third-order valence-corrected chi connectivity index (χ3v) is 3.27. The van der Waals surface area contributed by atoms with E-state index in [-0.39, 0.29) is 24.4 Å². The lowest BCUT2D eigenvalue weighted by molar-refractivity contribution is -0.134. The smallest absolute Gasteiger partial charge is 0.236 e. The molecular weight excluding hydrogens is 232 g/mol. The second-order valence-electron chi connectivity index (χ2n) is 4.61. The van der Waals surface area contributed by atoms with E-state index in [0.717, 1.165) is 25.8 Å². The molecule has 0 aromatic rings. The van der Waals surface area contributed by atoms with Gasteiger partial charge in [-0.25, -0.2) is 0 Å². The molecule has 1 unspecified atom stereocenters. The summed E-state index contributed by atoms with van der Waals surface area (Å²) in [7, 11) is 1.67. The molecule has 1 aliphatic heterocycles. The molecule has 1 heterocycles. The maximum absolute atomic E-state index is 11.9. The molecule has 1 rings (SSSR count). The van der Waals surface area contributed by atoms with Crippen LogP contribution < -0.4 is 5.73 Å². The first-order valence-corrected chi connectivity index (χ1v) is 6.20. The maximum Gasteiger partial charge on any atom is 0.236 e. The molecule has 0 saturated carbocycles. The summed E-state index contributed by atoms with van der Waals surface area (Å²) in [5.74, 6) is -0.430. The van der Waals surface area contributed by atoms with Crippen molar-refractivity contribution in [3.63, 3.8) is 0 Å². The average molecular weight is 252 g/mol. The highest BCUT2D eigenvalue weighted by Gasteiger charge is 2.28. The Morgan fingerprint density at radius 1 is 1.50 bits per heavy atom. The molecule has 0 spiro atoms. The Balaban J connectivity index is 2.51. The fourth-order valence-corrected chi connectivity index (χ4v) is 2.14. The van der Waals surface area contributed by atoms with Gasteiger partial charge in [0.25, 0.3) is 0 Å². The van der Waals surface area contributed by atoms with Crippen LogP contribution in [0.15, 0.2) is 0 Å². The Labute approximate surface area is 107 Å². The number of nitriles is 1. The van der Waals surface area contributed by atoms with Crippen molar-refractivity contribution in [3.05, 3.63) is 0 Å². The van der Waals surface area contributed by atoms with Gasteiger partial charge in [-0.15, -0.1) is 0 Å². The number of rotatable bonds is 5. The van der Waals surface area contributed by atoms with Gasteiger partial charge >= 0.3 is 0 Å². The first-order valence-electron chi connectivity index (χ1n) is 6.20. The van der Waals surface area contributed by atoms with Crippen molar-refractivity contribution in [2.75, 3.05) is 26.7 Å². The summed E-state index contributed by atoms with van der Waals surface area (Å²) in [6.45, 7) is 1.35. The van der Waals surface area contributed by atoms with Crippen molar-refractivity contribution in [3.8, 4) is 6.07 Å². The number of carbonyl (C=O) groups excluding carboxylic acids is 2. The molecule has 1 fully saturated rings. The fraction of sp³-hybridized carbons (Fsp3) is 0.750. The zero-order chi connectivity index (χ0) is 13.5. The van der Waals surface area contributed by atoms with Gasteiger partial charge in [-0.2, -0.15) is 5.26 Å². The van der Waals surface area contributed by atoms with E-state index in [1.54, 1.807) is 7.05 Å². The predicted octanol–water partition coefficient (Wildman–Crippen LogP) is -0.302. The molecule has 6 nitrogen and oxygen atoms in total. The van der Waals surface area contributed by atoms with Gasteiger partial charge in [-0.3, -0.25) is 14.5 Å². The number of likely N-dealkylation sites (N-methyl/N-ethyl adjacent to an activating group) is 1. The summed E-state index contributed by atoms with van der Waals surface area (Å²) < 4.78 is 0. The van der Waals surface area contributed by atoms with Gasteiger partial charge in [-0.05, 0) is 19.4 Å². The average Bonchev–Trinajstić information content (AvgIpc) is 2.36. The third kappa shape index (κ3) is 4.00. The highest BCUT2D eigenvalue weighted by atomic mass is 16.2. The Morgan fingerprint density at radius 3 is 2.83 bits per heavy atom. The van der Waals surface area contributed by atoms with Crippen LogP contribution in [0, 0.1) is 11.3 Å². The van der Waals surface area contributed by atoms with Gasteiger partial charge in [0.15, 0.2) is 0 Å². The lowest BCUT2D eigenvalue weighted by atomic mass is 10.0. The van der Waals surface area contributed by atoms with E-state index in [1.807, 2.05) is 11.0 Å². The van der Waals surface area contributed by atoms with Crippen LogP contribution in [-0.2, 0) is 9.59 Å². The Hall–Kier alpha value is -1.61. The minimum atomic E-state index is -0.359. The number of piperidine rings is 1. The van der Waals surface area contributed by atoms with Crippen LogP contribution in [0.3, 0.4) is 0 Å². The van der Waals surface area contributed by atoms with Crippen molar-refractivity contribution < 1.29 is 9.59 Å². The summed E-state index contributed by atoms with van der Waals surface area (Å²) >= 11 is 0. The van der Waals surface area contributed by atoms with Crippen molar-refractivity contribution in [1.29, 1.82) is 5.26 Å². The molecule has 100 valence electrons. The van der Waals surface area contributed by atoms with Crippen molar-refractivity contribution in [2.45, 2.75) is 31.7 Å². The Kier molecular flexibility index (Phi) is 5.59. The van der Waals surface area contributed by atoms with Gasteiger partial charge in [-0.1, -0.05) is 6.42 Å². The summed E-state index contributed by atoms with van der Waals surface area (Å²) in [5.41, 5.74) is 5.34. The van der Waals surface area contributed by atoms with Crippen LogP contribution in [0.2, 0.25) is 0 Å². The lowest BCUT2D eigenvalue weighted by Crippen LogP contribution is -2.51. The number of hydrogen-bond acceptors (Lipinski definition) is 4. The molecule has 0 aromatic carbocycles. The van der Waals surface area contributed by atoms with Crippen LogP contribution in [-0.4, -0.2) is 54.3 Å². The molecule has 18 heavy (non-hydrogen) atoms. The SMILES string of the molecule is CN(CCC#N)C(=O)CN1CCCCC1C(N)=O. The van der Waals surface area contributed by atoms with Gasteiger partial charge < -0.3 is 10.6 Å². The molecule has 1 atom stereocenters. The zero-order valence-corrected chi connectivity index (χ0v) is 10.8. The second kappa shape index (κ2) is 6.97. The number of nitrogens with zero attached hydrogens (tertiary/aromatic N) is 3. The highest BCUT2D eigenvalue weighted by molar-refractivity contribution is 5.82. The minimum absolute atomic E-state index is 0.0709. The van der Waals surface area contributed by atoms with E-state index in [9.17, 15) is 9.59 Å². The fourth-order valence-electron chi connectivity index (χ4n) is 2.14. The van der Waals surface area contributed by atoms with Gasteiger partial charge in [0.05, 0.1) is 25.1 Å². The van der Waals surface area contributed by atoms with Crippen molar-refractivity contribution >= 4 is 11.8 Å². The molecule has 0 bridgehead atoms. The molecule has 1 saturated heterocycles. The van der Waals surface area contributed by atoms with E-state index in [1.165, 1.54) is 4.90 Å². The number of hydrogen-bond donors (Lipinski definition) is 1. The van der Waals surface area contributed by atoms with Crippen molar-refractivity contribution in [2.24, 2.45) is 5.73 Å². The molecule has 0 aromatic heterocycles. The van der Waals surface area contributed by atoms with Crippen LogP contribution in [0.1, 0.15) is 25.7 Å². The Morgan fingerprint density at radius 2 is 2.22 bits per heavy atom. The van der Waals surface area contributed by atoms with E-state index in [2.05, 4.69) is 0 Å². The van der Waals surface area contributed by atoms with Crippen molar-refractivity contribution in [1.82, 2.24) is 9.80 Å². The van der Waals surface area contributed by atoms with Gasteiger partial charge in [0, 0.05) is 13.6 Å². The second-order valence-corrected chi connectivity index (χ2v) is 4.61. The monoisotopic (exact) mass is 252 g/mol. The third-order valence-electron chi connectivity index (χ3n) is 3.27. The molecule has 2 N–H and O–H groups in total. The zero-order valence-electron chi connectivity index (χ0n) is 10.8. The number of likely N-dealkylation sites (tertiary alicyclic amines) is 1. The largest absolute Gasteiger partial charge is 0.368 e. The van der Waals surface area contributed by atoms with Crippen LogP contribution in [0.4, 0.5) is 0 Å². The normalized spacial score (nSPS) is 20.1. The predicted molar refractivity (Wildman–Crippen MR) is 66.3 cm³/mol. The van der Waals surface area contributed by atoms with E-state index in [4.69, 9.17) is 11.0 Å². The van der Waals surface area contributed by atoms with Gasteiger partial charge in [0.2, 0.25) is 11.8 Å². The van der Waals surface area contributed by atoms with E-state index in [0.29, 0.717) is 13.0 Å². The molecule has 1 aliphatic rings. The van der Waals surface area contributed by atoms with Gasteiger partial charge in [0.1, 0.15) is 0 Å².